The van der Waals surface area contributed by atoms with Crippen LogP contribution in [0, 0.1) is 0 Å². The summed E-state index contributed by atoms with van der Waals surface area (Å²) in [5.41, 5.74) is 2.47. The lowest BCUT2D eigenvalue weighted by molar-refractivity contribution is 0.0924. The van der Waals surface area contributed by atoms with E-state index in [0.717, 1.165) is 10.5 Å². The Balaban J connectivity index is 1.31. The Morgan fingerprint density at radius 1 is 0.909 bits per heavy atom. The number of hydrogen-bond donors (Lipinski definition) is 1. The van der Waals surface area contributed by atoms with Crippen LogP contribution in [0.25, 0.3) is 0 Å². The third kappa shape index (κ3) is 3.88. The number of hydrogen-bond acceptors (Lipinski definition) is 5. The minimum Gasteiger partial charge on any atom is -0.320 e. The minimum absolute atomic E-state index is 0.145. The quantitative estimate of drug-likeness (QED) is 0.456. The van der Waals surface area contributed by atoms with E-state index in [0.29, 0.717) is 23.4 Å². The summed E-state index contributed by atoms with van der Waals surface area (Å²) < 4.78 is 1.57. The topological polar surface area (TPSA) is 97.2 Å². The average Bonchev–Trinajstić information content (AvgIpc) is 3.38. The zero-order chi connectivity index (χ0) is 22.9. The molecule has 33 heavy (non-hydrogen) atoms. The van der Waals surface area contributed by atoms with Crippen LogP contribution in [-0.4, -0.2) is 32.7 Å². The number of aromatic nitrogens is 3. The number of anilines is 2. The summed E-state index contributed by atoms with van der Waals surface area (Å²) in [6, 6.07) is 20.9. The van der Waals surface area contributed by atoms with Crippen molar-refractivity contribution in [3.05, 3.63) is 106 Å². The molecule has 4 aromatic rings. The Hall–Kier alpha value is -4.30. The van der Waals surface area contributed by atoms with E-state index < -0.39 is 17.7 Å². The van der Waals surface area contributed by atoms with Crippen molar-refractivity contribution in [1.82, 2.24) is 15.0 Å². The molecule has 8 nitrogen and oxygen atoms in total. The summed E-state index contributed by atoms with van der Waals surface area (Å²) in [6.45, 7) is 0.488. The summed E-state index contributed by atoms with van der Waals surface area (Å²) in [6.07, 6.45) is 1.55. The van der Waals surface area contributed by atoms with Crippen LogP contribution >= 0.6 is 11.6 Å². The Bertz CT molecular complexity index is 1370. The number of nitrogens with one attached hydrogen (secondary N) is 1. The number of imide groups is 1. The van der Waals surface area contributed by atoms with Crippen LogP contribution in [0.5, 0.6) is 0 Å². The van der Waals surface area contributed by atoms with Crippen LogP contribution in [0.2, 0.25) is 5.02 Å². The highest BCUT2D eigenvalue weighted by atomic mass is 35.5. The van der Waals surface area contributed by atoms with Gasteiger partial charge in [0.25, 0.3) is 17.7 Å². The molecule has 0 aliphatic carbocycles. The molecule has 0 radical (unpaired) electrons. The number of fused-ring (bicyclic) bond motifs is 1. The van der Waals surface area contributed by atoms with E-state index in [1.54, 1.807) is 41.2 Å². The van der Waals surface area contributed by atoms with E-state index in [-0.39, 0.29) is 16.4 Å². The first kappa shape index (κ1) is 20.6. The molecule has 3 aromatic carbocycles. The van der Waals surface area contributed by atoms with Crippen molar-refractivity contribution in [2.75, 3.05) is 10.2 Å². The van der Waals surface area contributed by atoms with Gasteiger partial charge in [0.15, 0.2) is 5.69 Å². The van der Waals surface area contributed by atoms with Crippen LogP contribution in [0.1, 0.15) is 36.8 Å². The molecule has 3 amide bonds. The van der Waals surface area contributed by atoms with Gasteiger partial charge in [-0.1, -0.05) is 59.3 Å². The smallest absolute Gasteiger partial charge is 0.277 e. The van der Waals surface area contributed by atoms with E-state index >= 15 is 0 Å². The number of rotatable bonds is 5. The predicted octanol–water partition coefficient (Wildman–Crippen LogP) is 4.03. The number of benzene rings is 3. The fourth-order valence-electron chi connectivity index (χ4n) is 3.62. The van der Waals surface area contributed by atoms with Gasteiger partial charge in [0, 0.05) is 5.69 Å². The SMILES string of the molecule is O=C(Nc1ccc(N2C(=O)c3ccccc3C2=O)c(Cl)c1)c1cn(Cc2ccccc2)nn1. The zero-order valence-electron chi connectivity index (χ0n) is 17.1. The van der Waals surface area contributed by atoms with E-state index in [1.807, 2.05) is 30.3 Å². The van der Waals surface area contributed by atoms with Gasteiger partial charge in [-0.2, -0.15) is 0 Å². The largest absolute Gasteiger partial charge is 0.320 e. The molecule has 0 unspecified atom stereocenters. The normalized spacial score (nSPS) is 12.7. The molecule has 2 heterocycles. The fourth-order valence-corrected chi connectivity index (χ4v) is 3.88. The maximum absolute atomic E-state index is 12.7. The molecule has 162 valence electrons. The Morgan fingerprint density at radius 2 is 1.58 bits per heavy atom. The zero-order valence-corrected chi connectivity index (χ0v) is 17.9. The van der Waals surface area contributed by atoms with Crippen LogP contribution in [-0.2, 0) is 6.54 Å². The molecule has 1 N–H and O–H groups in total. The lowest BCUT2D eigenvalue weighted by atomic mass is 10.1. The monoisotopic (exact) mass is 457 g/mol. The summed E-state index contributed by atoms with van der Waals surface area (Å²) >= 11 is 6.38. The third-order valence-electron chi connectivity index (χ3n) is 5.20. The second-order valence-corrected chi connectivity index (χ2v) is 7.81. The van der Waals surface area contributed by atoms with Crippen LogP contribution < -0.4 is 10.2 Å². The summed E-state index contributed by atoms with van der Waals surface area (Å²) in [5, 5.41) is 10.8. The van der Waals surface area contributed by atoms with Crippen LogP contribution in [0.4, 0.5) is 11.4 Å². The van der Waals surface area contributed by atoms with Gasteiger partial charge in [-0.05, 0) is 35.9 Å². The van der Waals surface area contributed by atoms with Gasteiger partial charge in [-0.15, -0.1) is 5.10 Å². The number of carbonyl (C=O) groups is 3. The highest BCUT2D eigenvalue weighted by Gasteiger charge is 2.37. The Labute approximate surface area is 193 Å². The van der Waals surface area contributed by atoms with Gasteiger partial charge >= 0.3 is 0 Å². The van der Waals surface area contributed by atoms with E-state index in [9.17, 15) is 14.4 Å². The van der Waals surface area contributed by atoms with Crippen molar-refractivity contribution in [2.24, 2.45) is 0 Å². The highest BCUT2D eigenvalue weighted by molar-refractivity contribution is 6.40. The summed E-state index contributed by atoms with van der Waals surface area (Å²) in [7, 11) is 0. The van der Waals surface area contributed by atoms with Gasteiger partial charge in [0.1, 0.15) is 0 Å². The third-order valence-corrected chi connectivity index (χ3v) is 5.50. The summed E-state index contributed by atoms with van der Waals surface area (Å²) in [4.78, 5) is 39.0. The second-order valence-electron chi connectivity index (χ2n) is 7.40. The molecule has 1 aliphatic rings. The van der Waals surface area contributed by atoms with Crippen molar-refractivity contribution in [2.45, 2.75) is 6.54 Å². The van der Waals surface area contributed by atoms with Gasteiger partial charge in [0.05, 0.1) is 34.6 Å². The standard InChI is InChI=1S/C24H16ClN5O3/c25-19-12-16(10-11-21(19)30-23(32)17-8-4-5-9-18(17)24(30)33)26-22(31)20-14-29(28-27-20)13-15-6-2-1-3-7-15/h1-12,14H,13H2,(H,26,31). The summed E-state index contributed by atoms with van der Waals surface area (Å²) in [5.74, 6) is -1.34. The molecule has 9 heteroatoms. The Kier molecular flexibility index (Phi) is 5.20. The van der Waals surface area contributed by atoms with Crippen molar-refractivity contribution in [1.29, 1.82) is 0 Å². The number of carbonyl (C=O) groups excluding carboxylic acids is 3. The Morgan fingerprint density at radius 3 is 2.24 bits per heavy atom. The molecule has 1 aromatic heterocycles. The predicted molar refractivity (Wildman–Crippen MR) is 123 cm³/mol. The van der Waals surface area contributed by atoms with Crippen molar-refractivity contribution in [3.8, 4) is 0 Å². The van der Waals surface area contributed by atoms with Gasteiger partial charge < -0.3 is 5.32 Å². The molecule has 0 spiro atoms. The van der Waals surface area contributed by atoms with Gasteiger partial charge in [-0.3, -0.25) is 14.4 Å². The van der Waals surface area contributed by atoms with E-state index in [1.165, 1.54) is 12.1 Å². The van der Waals surface area contributed by atoms with E-state index in [4.69, 9.17) is 11.6 Å². The molecule has 0 fully saturated rings. The first-order valence-corrected chi connectivity index (χ1v) is 10.4. The molecule has 0 atom stereocenters. The van der Waals surface area contributed by atoms with Gasteiger partial charge in [0.2, 0.25) is 0 Å². The molecule has 1 aliphatic heterocycles. The van der Waals surface area contributed by atoms with Crippen molar-refractivity contribution in [3.63, 3.8) is 0 Å². The lowest BCUT2D eigenvalue weighted by Gasteiger charge is -2.16. The molecule has 0 saturated carbocycles. The second kappa shape index (κ2) is 8.33. The van der Waals surface area contributed by atoms with Gasteiger partial charge in [-0.25, -0.2) is 9.58 Å². The van der Waals surface area contributed by atoms with Crippen LogP contribution in [0.15, 0.2) is 79.0 Å². The molecular weight excluding hydrogens is 442 g/mol. The number of amides is 3. The molecule has 0 saturated heterocycles. The first-order valence-electron chi connectivity index (χ1n) is 10.0. The van der Waals surface area contributed by atoms with Crippen molar-refractivity contribution < 1.29 is 14.4 Å². The fraction of sp³-hybridized carbons (Fsp3) is 0.0417. The maximum atomic E-state index is 12.7. The lowest BCUT2D eigenvalue weighted by Crippen LogP contribution is -2.29. The molecule has 5 rings (SSSR count). The number of nitrogens with zero attached hydrogens (tertiary/aromatic N) is 4. The maximum Gasteiger partial charge on any atom is 0.277 e. The van der Waals surface area contributed by atoms with Crippen LogP contribution in [0.3, 0.4) is 0 Å². The highest BCUT2D eigenvalue weighted by Crippen LogP contribution is 2.34. The molecular formula is C24H16ClN5O3. The molecule has 0 bridgehead atoms. The van der Waals surface area contributed by atoms with Crippen molar-refractivity contribution >= 4 is 40.7 Å². The minimum atomic E-state index is -0.459. The van der Waals surface area contributed by atoms with E-state index in [2.05, 4.69) is 15.6 Å². The number of halogens is 1. The average molecular weight is 458 g/mol. The first-order chi connectivity index (χ1) is 16.0.